The van der Waals surface area contributed by atoms with Crippen LogP contribution >= 0.6 is 0 Å². The van der Waals surface area contributed by atoms with Crippen molar-refractivity contribution in [2.75, 3.05) is 20.8 Å². The van der Waals surface area contributed by atoms with Gasteiger partial charge in [0, 0.05) is 30.5 Å². The van der Waals surface area contributed by atoms with Gasteiger partial charge in [-0.25, -0.2) is 0 Å². The van der Waals surface area contributed by atoms with E-state index >= 15 is 0 Å². The molecule has 1 aliphatic heterocycles. The third kappa shape index (κ3) is 4.83. The fourth-order valence-electron chi connectivity index (χ4n) is 5.32. The molecule has 1 heterocycles. The Balaban J connectivity index is 1.51. The predicted octanol–water partition coefficient (Wildman–Crippen LogP) is 4.68. The second kappa shape index (κ2) is 9.78. The quantitative estimate of drug-likeness (QED) is 0.664. The van der Waals surface area contributed by atoms with Gasteiger partial charge in [0.25, 0.3) is 0 Å². The molecule has 0 bridgehead atoms. The molecule has 1 spiro atoms. The number of hydrogen-bond donors (Lipinski definition) is 2. The first kappa shape index (κ1) is 22.4. The topological polar surface area (TPSA) is 59.6 Å². The Bertz CT molecular complexity index is 972. The number of benzene rings is 2. The van der Waals surface area contributed by atoms with Crippen molar-refractivity contribution >= 4 is 12.0 Å². The van der Waals surface area contributed by atoms with Crippen molar-refractivity contribution in [3.05, 3.63) is 65.2 Å². The average Bonchev–Trinajstić information content (AvgIpc) is 3.19. The summed E-state index contributed by atoms with van der Waals surface area (Å²) in [4.78, 5) is 12.2. The van der Waals surface area contributed by atoms with Crippen LogP contribution in [0, 0.1) is 0 Å². The lowest BCUT2D eigenvalue weighted by molar-refractivity contribution is -0.120. The van der Waals surface area contributed by atoms with Crippen molar-refractivity contribution in [3.63, 3.8) is 0 Å². The average molecular weight is 435 g/mol. The highest BCUT2D eigenvalue weighted by Gasteiger charge is 2.48. The van der Waals surface area contributed by atoms with Crippen molar-refractivity contribution in [1.29, 1.82) is 0 Å². The Hall–Kier alpha value is -2.79. The van der Waals surface area contributed by atoms with E-state index in [4.69, 9.17) is 9.47 Å². The number of amides is 1. The van der Waals surface area contributed by atoms with Gasteiger partial charge in [-0.1, -0.05) is 48.0 Å². The molecular weight excluding hydrogens is 400 g/mol. The molecule has 2 aromatic carbocycles. The van der Waals surface area contributed by atoms with E-state index in [9.17, 15) is 4.79 Å². The first-order chi connectivity index (χ1) is 15.5. The largest absolute Gasteiger partial charge is 0.493 e. The van der Waals surface area contributed by atoms with E-state index < -0.39 is 0 Å². The molecule has 1 saturated heterocycles. The number of hydrogen-bond acceptors (Lipinski definition) is 4. The summed E-state index contributed by atoms with van der Waals surface area (Å²) >= 11 is 0. The minimum absolute atomic E-state index is 0.163. The van der Waals surface area contributed by atoms with Crippen LogP contribution in [0.3, 0.4) is 0 Å². The first-order valence-electron chi connectivity index (χ1n) is 11.5. The van der Waals surface area contributed by atoms with E-state index in [1.165, 1.54) is 16.7 Å². The number of nitrogens with one attached hydrogen (secondary N) is 2. The summed E-state index contributed by atoms with van der Waals surface area (Å²) in [6.07, 6.45) is 6.76. The molecule has 4 rings (SSSR count). The van der Waals surface area contributed by atoms with Crippen LogP contribution in [0.4, 0.5) is 0 Å². The highest BCUT2D eigenvalue weighted by molar-refractivity contribution is 5.79. The van der Waals surface area contributed by atoms with Gasteiger partial charge in [-0.15, -0.1) is 0 Å². The number of ether oxygens (including phenoxy) is 2. The summed E-state index contributed by atoms with van der Waals surface area (Å²) in [6, 6.07) is 17.0. The van der Waals surface area contributed by atoms with Gasteiger partial charge in [0.2, 0.25) is 5.91 Å². The molecule has 2 aliphatic rings. The van der Waals surface area contributed by atoms with E-state index in [0.29, 0.717) is 12.5 Å². The maximum Gasteiger partial charge on any atom is 0.220 e. The van der Waals surface area contributed by atoms with Gasteiger partial charge in [0.1, 0.15) is 0 Å². The number of carbonyl (C=O) groups is 1. The summed E-state index contributed by atoms with van der Waals surface area (Å²) in [5.74, 6) is 1.87. The van der Waals surface area contributed by atoms with Crippen LogP contribution in [0.2, 0.25) is 0 Å². The van der Waals surface area contributed by atoms with Crippen LogP contribution in [0.25, 0.3) is 6.08 Å². The Morgan fingerprint density at radius 2 is 1.91 bits per heavy atom. The number of carbonyl (C=O) groups excluding carboxylic acids is 1. The monoisotopic (exact) mass is 434 g/mol. The maximum atomic E-state index is 12.2. The van der Waals surface area contributed by atoms with Gasteiger partial charge >= 0.3 is 0 Å². The van der Waals surface area contributed by atoms with Crippen LogP contribution in [0.1, 0.15) is 56.1 Å². The smallest absolute Gasteiger partial charge is 0.220 e. The lowest BCUT2D eigenvalue weighted by Crippen LogP contribution is -2.53. The molecule has 0 aromatic heterocycles. The lowest BCUT2D eigenvalue weighted by atomic mass is 9.67. The molecule has 0 radical (unpaired) electrons. The summed E-state index contributed by atoms with van der Waals surface area (Å²) in [7, 11) is 3.32. The first-order valence-corrected chi connectivity index (χ1v) is 11.5. The summed E-state index contributed by atoms with van der Waals surface area (Å²) in [6.45, 7) is 3.03. The third-order valence-corrected chi connectivity index (χ3v) is 7.00. The standard InChI is InChI=1S/C27H34N2O3/c1-19(15-20-7-5-4-6-8-20)18-28-22-11-13-27(14-12-26(30)29-27)23(17-22)21-9-10-24(31-2)25(16-21)32-3/h4-10,15-16,22-23,28H,11-14,17-18H2,1-3H3,(H,29,30)/t22-,23+,27-/m0/s1. The zero-order valence-corrected chi connectivity index (χ0v) is 19.3. The molecule has 1 amide bonds. The van der Waals surface area contributed by atoms with E-state index in [2.05, 4.69) is 60.0 Å². The summed E-state index contributed by atoms with van der Waals surface area (Å²) in [5.41, 5.74) is 3.58. The fraction of sp³-hybridized carbons (Fsp3) is 0.444. The highest BCUT2D eigenvalue weighted by Crippen LogP contribution is 2.47. The minimum Gasteiger partial charge on any atom is -0.493 e. The molecule has 0 unspecified atom stereocenters. The van der Waals surface area contributed by atoms with Crippen molar-refractivity contribution in [2.24, 2.45) is 0 Å². The van der Waals surface area contributed by atoms with Crippen LogP contribution in [-0.4, -0.2) is 38.3 Å². The van der Waals surface area contributed by atoms with Gasteiger partial charge < -0.3 is 20.1 Å². The van der Waals surface area contributed by atoms with E-state index in [0.717, 1.165) is 43.7 Å². The van der Waals surface area contributed by atoms with Crippen molar-refractivity contribution in [2.45, 2.75) is 56.5 Å². The molecule has 32 heavy (non-hydrogen) atoms. The molecule has 1 saturated carbocycles. The second-order valence-corrected chi connectivity index (χ2v) is 9.12. The van der Waals surface area contributed by atoms with Crippen LogP contribution in [0.15, 0.2) is 54.1 Å². The van der Waals surface area contributed by atoms with Crippen molar-refractivity contribution in [3.8, 4) is 11.5 Å². The Kier molecular flexibility index (Phi) is 6.85. The van der Waals surface area contributed by atoms with E-state index in [-0.39, 0.29) is 17.4 Å². The predicted molar refractivity (Wildman–Crippen MR) is 128 cm³/mol. The molecule has 5 nitrogen and oxygen atoms in total. The fourth-order valence-corrected chi connectivity index (χ4v) is 5.32. The molecule has 1 aliphatic carbocycles. The molecule has 2 fully saturated rings. The number of rotatable bonds is 7. The molecular formula is C27H34N2O3. The molecule has 170 valence electrons. The van der Waals surface area contributed by atoms with Crippen molar-refractivity contribution < 1.29 is 14.3 Å². The maximum absolute atomic E-state index is 12.2. The SMILES string of the molecule is COc1ccc([C@H]2C[C@@H](NCC(C)=Cc3ccccc3)CC[C@]23CCC(=O)N3)cc1OC. The Morgan fingerprint density at radius 1 is 1.12 bits per heavy atom. The molecule has 5 heteroatoms. The lowest BCUT2D eigenvalue weighted by Gasteiger charge is -2.45. The van der Waals surface area contributed by atoms with Crippen LogP contribution < -0.4 is 20.1 Å². The highest BCUT2D eigenvalue weighted by atomic mass is 16.5. The molecule has 2 N–H and O–H groups in total. The zero-order valence-electron chi connectivity index (χ0n) is 19.3. The Morgan fingerprint density at radius 3 is 2.59 bits per heavy atom. The number of methoxy groups -OCH3 is 2. The van der Waals surface area contributed by atoms with Crippen molar-refractivity contribution in [1.82, 2.24) is 10.6 Å². The van der Waals surface area contributed by atoms with E-state index in [1.807, 2.05) is 12.1 Å². The van der Waals surface area contributed by atoms with Crippen LogP contribution in [0.5, 0.6) is 11.5 Å². The van der Waals surface area contributed by atoms with Gasteiger partial charge in [-0.3, -0.25) is 4.79 Å². The minimum atomic E-state index is -0.163. The van der Waals surface area contributed by atoms with E-state index in [1.54, 1.807) is 14.2 Å². The normalized spacial score (nSPS) is 25.6. The van der Waals surface area contributed by atoms with Gasteiger partial charge in [-0.2, -0.15) is 0 Å². The van der Waals surface area contributed by atoms with Gasteiger partial charge in [0.15, 0.2) is 11.5 Å². The molecule has 2 aromatic rings. The summed E-state index contributed by atoms with van der Waals surface area (Å²) in [5, 5.41) is 7.12. The van der Waals surface area contributed by atoms with Gasteiger partial charge in [-0.05, 0) is 55.9 Å². The third-order valence-electron chi connectivity index (χ3n) is 7.00. The van der Waals surface area contributed by atoms with Gasteiger partial charge in [0.05, 0.1) is 14.2 Å². The molecule has 3 atom stereocenters. The zero-order chi connectivity index (χ0) is 22.6. The second-order valence-electron chi connectivity index (χ2n) is 9.12. The Labute approximate surface area is 191 Å². The van der Waals surface area contributed by atoms with Crippen LogP contribution in [-0.2, 0) is 4.79 Å². The summed E-state index contributed by atoms with van der Waals surface area (Å²) < 4.78 is 11.0.